The lowest BCUT2D eigenvalue weighted by molar-refractivity contribution is 0.397. The van der Waals surface area contributed by atoms with Gasteiger partial charge in [-0.1, -0.05) is 31.1 Å². The van der Waals surface area contributed by atoms with Gasteiger partial charge in [0.25, 0.3) is 0 Å². The zero-order valence-electron chi connectivity index (χ0n) is 8.99. The van der Waals surface area contributed by atoms with Crippen molar-refractivity contribution in [2.45, 2.75) is 47.5 Å². The Bertz CT molecular complexity index is 243. The first-order valence-electron chi connectivity index (χ1n) is 4.85. The molecule has 0 amide bonds. The van der Waals surface area contributed by atoms with Crippen LogP contribution in [0.2, 0.25) is 0 Å². The van der Waals surface area contributed by atoms with Crippen molar-refractivity contribution in [1.29, 1.82) is 0 Å². The first-order valence-corrected chi connectivity index (χ1v) is 4.85. The van der Waals surface area contributed by atoms with Gasteiger partial charge in [-0.3, -0.25) is 0 Å². The van der Waals surface area contributed by atoms with Gasteiger partial charge in [-0.25, -0.2) is 0 Å². The second-order valence-corrected chi connectivity index (χ2v) is 4.42. The molecule has 0 unspecified atom stereocenters. The van der Waals surface area contributed by atoms with E-state index in [4.69, 9.17) is 0 Å². The molecule has 0 bridgehead atoms. The van der Waals surface area contributed by atoms with Gasteiger partial charge in [0.15, 0.2) is 0 Å². The van der Waals surface area contributed by atoms with Crippen LogP contribution < -0.4 is 0 Å². The second kappa shape index (κ2) is 3.08. The lowest BCUT2D eigenvalue weighted by atomic mass is 9.74. The van der Waals surface area contributed by atoms with Crippen LogP contribution in [0, 0.1) is 5.41 Å². The fraction of sp³-hybridized carbons (Fsp3) is 0.667. The van der Waals surface area contributed by atoms with Gasteiger partial charge >= 0.3 is 0 Å². The monoisotopic (exact) mass is 164 g/mol. The molecular formula is C12H20. The van der Waals surface area contributed by atoms with Crippen molar-refractivity contribution >= 4 is 0 Å². The third-order valence-corrected chi connectivity index (χ3v) is 3.27. The molecular weight excluding hydrogens is 144 g/mol. The fourth-order valence-electron chi connectivity index (χ4n) is 1.98. The summed E-state index contributed by atoms with van der Waals surface area (Å²) in [7, 11) is 0. The van der Waals surface area contributed by atoms with Crippen LogP contribution in [0.5, 0.6) is 0 Å². The first kappa shape index (κ1) is 9.57. The quantitative estimate of drug-likeness (QED) is 0.547. The summed E-state index contributed by atoms with van der Waals surface area (Å²) >= 11 is 0. The van der Waals surface area contributed by atoms with Gasteiger partial charge in [-0.15, -0.1) is 0 Å². The van der Waals surface area contributed by atoms with Crippen LogP contribution in [0.1, 0.15) is 47.5 Å². The van der Waals surface area contributed by atoms with E-state index in [2.05, 4.69) is 40.7 Å². The third-order valence-electron chi connectivity index (χ3n) is 3.27. The third kappa shape index (κ3) is 1.63. The van der Waals surface area contributed by atoms with Gasteiger partial charge in [0.1, 0.15) is 0 Å². The Labute approximate surface area is 76.4 Å². The SMILES string of the molecule is CC[C@@]1(C)C=C(C)C(C)=C(C)C1. The molecule has 1 atom stereocenters. The summed E-state index contributed by atoms with van der Waals surface area (Å²) in [5.74, 6) is 0. The average Bonchev–Trinajstić information content (AvgIpc) is 2.00. The molecule has 0 aromatic rings. The number of hydrogen-bond donors (Lipinski definition) is 0. The maximum atomic E-state index is 2.44. The Morgan fingerprint density at radius 1 is 1.33 bits per heavy atom. The molecule has 1 aliphatic rings. The Hall–Kier alpha value is -0.520. The Morgan fingerprint density at radius 2 is 1.92 bits per heavy atom. The molecule has 0 heterocycles. The van der Waals surface area contributed by atoms with Crippen molar-refractivity contribution in [2.75, 3.05) is 0 Å². The first-order chi connectivity index (χ1) is 5.48. The highest BCUT2D eigenvalue weighted by Crippen LogP contribution is 2.39. The Morgan fingerprint density at radius 3 is 2.33 bits per heavy atom. The van der Waals surface area contributed by atoms with Crippen LogP contribution in [0.15, 0.2) is 22.8 Å². The molecule has 12 heavy (non-hydrogen) atoms. The fourth-order valence-corrected chi connectivity index (χ4v) is 1.98. The van der Waals surface area contributed by atoms with Crippen molar-refractivity contribution in [3.05, 3.63) is 22.8 Å². The minimum atomic E-state index is 0.424. The molecule has 0 radical (unpaired) electrons. The molecule has 1 rings (SSSR count). The van der Waals surface area contributed by atoms with Crippen LogP contribution >= 0.6 is 0 Å². The average molecular weight is 164 g/mol. The van der Waals surface area contributed by atoms with Crippen molar-refractivity contribution in [2.24, 2.45) is 5.41 Å². The molecule has 0 N–H and O–H groups in total. The standard InChI is InChI=1S/C12H20/c1-6-12(5)7-9(2)11(4)10(3)8-12/h7H,6,8H2,1-5H3/t12-/m0/s1. The van der Waals surface area contributed by atoms with E-state index in [1.165, 1.54) is 24.0 Å². The lowest BCUT2D eigenvalue weighted by Gasteiger charge is -2.31. The molecule has 0 heteroatoms. The van der Waals surface area contributed by atoms with Crippen LogP contribution in [0.3, 0.4) is 0 Å². The lowest BCUT2D eigenvalue weighted by Crippen LogP contribution is -2.17. The maximum absolute atomic E-state index is 2.44. The van der Waals surface area contributed by atoms with Gasteiger partial charge in [-0.2, -0.15) is 0 Å². The van der Waals surface area contributed by atoms with E-state index in [0.29, 0.717) is 5.41 Å². The van der Waals surface area contributed by atoms with Crippen LogP contribution in [-0.2, 0) is 0 Å². The zero-order chi connectivity index (χ0) is 9.35. The number of rotatable bonds is 1. The molecule has 0 saturated carbocycles. The molecule has 0 aliphatic heterocycles. The van der Waals surface area contributed by atoms with E-state index in [9.17, 15) is 0 Å². The Kier molecular flexibility index (Phi) is 2.46. The topological polar surface area (TPSA) is 0 Å². The summed E-state index contributed by atoms with van der Waals surface area (Å²) in [5, 5.41) is 0. The van der Waals surface area contributed by atoms with Crippen LogP contribution in [-0.4, -0.2) is 0 Å². The van der Waals surface area contributed by atoms with Gasteiger partial charge in [0.05, 0.1) is 0 Å². The smallest absolute Gasteiger partial charge is 0.0106 e. The summed E-state index contributed by atoms with van der Waals surface area (Å²) in [5.41, 5.74) is 4.97. The highest BCUT2D eigenvalue weighted by atomic mass is 14.3. The highest BCUT2D eigenvalue weighted by molar-refractivity contribution is 5.37. The molecule has 1 aliphatic carbocycles. The van der Waals surface area contributed by atoms with E-state index < -0.39 is 0 Å². The summed E-state index contributed by atoms with van der Waals surface area (Å²) in [6, 6.07) is 0. The van der Waals surface area contributed by atoms with Crippen molar-refractivity contribution in [3.8, 4) is 0 Å². The van der Waals surface area contributed by atoms with E-state index in [-0.39, 0.29) is 0 Å². The van der Waals surface area contributed by atoms with E-state index in [1.54, 1.807) is 5.57 Å². The van der Waals surface area contributed by atoms with E-state index in [0.717, 1.165) is 0 Å². The van der Waals surface area contributed by atoms with E-state index in [1.807, 2.05) is 0 Å². The summed E-state index contributed by atoms with van der Waals surface area (Å²) in [6.07, 6.45) is 4.93. The predicted octanol–water partition coefficient (Wildman–Crippen LogP) is 4.09. The van der Waals surface area contributed by atoms with Gasteiger partial charge < -0.3 is 0 Å². The summed E-state index contributed by atoms with van der Waals surface area (Å²) in [4.78, 5) is 0. The zero-order valence-corrected chi connectivity index (χ0v) is 8.99. The van der Waals surface area contributed by atoms with Gasteiger partial charge in [0.2, 0.25) is 0 Å². The molecule has 0 saturated heterocycles. The molecule has 0 aromatic carbocycles. The molecule has 0 fully saturated rings. The second-order valence-electron chi connectivity index (χ2n) is 4.42. The normalized spacial score (nSPS) is 30.6. The molecule has 68 valence electrons. The number of hydrogen-bond acceptors (Lipinski definition) is 0. The van der Waals surface area contributed by atoms with Crippen molar-refractivity contribution in [1.82, 2.24) is 0 Å². The summed E-state index contributed by atoms with van der Waals surface area (Å²) in [6.45, 7) is 11.4. The van der Waals surface area contributed by atoms with Crippen LogP contribution in [0.4, 0.5) is 0 Å². The van der Waals surface area contributed by atoms with Crippen LogP contribution in [0.25, 0.3) is 0 Å². The molecule has 0 aromatic heterocycles. The minimum Gasteiger partial charge on any atom is -0.0751 e. The number of allylic oxidation sites excluding steroid dienone is 4. The molecule has 0 spiro atoms. The highest BCUT2D eigenvalue weighted by Gasteiger charge is 2.24. The van der Waals surface area contributed by atoms with Gasteiger partial charge in [0, 0.05) is 0 Å². The summed E-state index contributed by atoms with van der Waals surface area (Å²) < 4.78 is 0. The van der Waals surface area contributed by atoms with Crippen molar-refractivity contribution in [3.63, 3.8) is 0 Å². The van der Waals surface area contributed by atoms with E-state index >= 15 is 0 Å². The molecule has 0 nitrogen and oxygen atoms in total. The predicted molar refractivity (Wildman–Crippen MR) is 55.1 cm³/mol. The minimum absolute atomic E-state index is 0.424. The maximum Gasteiger partial charge on any atom is -0.0106 e. The van der Waals surface area contributed by atoms with Crippen molar-refractivity contribution < 1.29 is 0 Å². The Balaban J connectivity index is 2.99. The largest absolute Gasteiger partial charge is 0.0751 e. The van der Waals surface area contributed by atoms with Gasteiger partial charge in [-0.05, 0) is 44.6 Å².